The lowest BCUT2D eigenvalue weighted by Crippen LogP contribution is -2.52. The Kier molecular flexibility index (Phi) is 11.5. The van der Waals surface area contributed by atoms with E-state index in [4.69, 9.17) is 18.6 Å². The molecule has 37 heavy (non-hydrogen) atoms. The summed E-state index contributed by atoms with van der Waals surface area (Å²) in [6.45, 7) is 15.9. The molecule has 0 aliphatic rings. The first-order chi connectivity index (χ1) is 17.3. The van der Waals surface area contributed by atoms with Crippen molar-refractivity contribution in [2.75, 3.05) is 13.7 Å². The molecule has 0 amide bonds. The van der Waals surface area contributed by atoms with Crippen LogP contribution in [0.1, 0.15) is 52.2 Å². The maximum atomic E-state index is 11.3. The van der Waals surface area contributed by atoms with Crippen molar-refractivity contribution in [1.29, 1.82) is 0 Å². The van der Waals surface area contributed by atoms with E-state index in [1.165, 1.54) is 0 Å². The molecule has 2 aromatic rings. The molecule has 7 heteroatoms. The second-order valence-corrected chi connectivity index (χ2v) is 16.5. The zero-order valence-corrected chi connectivity index (χ0v) is 24.8. The van der Waals surface area contributed by atoms with Crippen molar-refractivity contribution in [2.24, 2.45) is 5.41 Å². The third-order valence-electron chi connectivity index (χ3n) is 7.56. The second kappa shape index (κ2) is 13.7. The Morgan fingerprint density at radius 1 is 0.892 bits per heavy atom. The highest BCUT2D eigenvalue weighted by atomic mass is 28.4. The normalized spacial score (nSPS) is 15.2. The van der Waals surface area contributed by atoms with Gasteiger partial charge < -0.3 is 28.5 Å². The van der Waals surface area contributed by atoms with E-state index in [9.17, 15) is 9.90 Å². The number of carbonyl (C=O) groups is 1. The number of rotatable bonds is 15. The molecule has 2 rings (SSSR count). The molecular weight excluding hydrogens is 484 g/mol. The van der Waals surface area contributed by atoms with Gasteiger partial charge in [0, 0.05) is 11.8 Å². The van der Waals surface area contributed by atoms with Gasteiger partial charge >= 0.3 is 0 Å². The van der Waals surface area contributed by atoms with Gasteiger partial charge in [0.05, 0.1) is 39.1 Å². The highest BCUT2D eigenvalue weighted by molar-refractivity contribution is 6.74. The second-order valence-electron chi connectivity index (χ2n) is 11.7. The summed E-state index contributed by atoms with van der Waals surface area (Å²) in [7, 11) is -0.454. The molecule has 0 heterocycles. The topological polar surface area (TPSA) is 74.2 Å². The van der Waals surface area contributed by atoms with Gasteiger partial charge in [-0.2, -0.15) is 0 Å². The zero-order valence-electron chi connectivity index (χ0n) is 23.8. The number of methoxy groups -OCH3 is 1. The number of ether oxygens (including phenoxy) is 3. The Balaban J connectivity index is 2.37. The first kappa shape index (κ1) is 31.2. The standard InChI is InChI=1S/C30H46O6Si/c1-29(2,3)37(7,8)36-22-26(34-20-23-12-10-9-11-13-23)28(30(4,5)27(32)18-19-31)35-21-24-14-16-25(33-6)17-15-24/h9-17,19,26-28,32H,18,20-22H2,1-8H3/t26-,27+,28-/m0/s1. The van der Waals surface area contributed by atoms with Crippen LogP contribution in [0, 0.1) is 5.41 Å². The first-order valence-corrected chi connectivity index (χ1v) is 15.9. The molecule has 1 N–H and O–H groups in total. The van der Waals surface area contributed by atoms with Crippen molar-refractivity contribution in [2.45, 2.75) is 90.7 Å². The number of carbonyl (C=O) groups excluding carboxylic acids is 1. The van der Waals surface area contributed by atoms with Crippen LogP contribution in [0.4, 0.5) is 0 Å². The van der Waals surface area contributed by atoms with Crippen LogP contribution in [0.5, 0.6) is 5.75 Å². The minimum atomic E-state index is -2.09. The molecule has 6 nitrogen and oxygen atoms in total. The Morgan fingerprint density at radius 2 is 1.46 bits per heavy atom. The van der Waals surface area contributed by atoms with E-state index in [0.717, 1.165) is 23.2 Å². The van der Waals surface area contributed by atoms with E-state index in [1.54, 1.807) is 7.11 Å². The monoisotopic (exact) mass is 530 g/mol. The summed E-state index contributed by atoms with van der Waals surface area (Å²) < 4.78 is 24.9. The average molecular weight is 531 g/mol. The summed E-state index contributed by atoms with van der Waals surface area (Å²) in [4.78, 5) is 11.3. The van der Waals surface area contributed by atoms with Gasteiger partial charge in [-0.05, 0) is 41.4 Å². The molecule has 3 atom stereocenters. The van der Waals surface area contributed by atoms with Gasteiger partial charge in [-0.3, -0.25) is 0 Å². The summed E-state index contributed by atoms with van der Waals surface area (Å²) in [5, 5.41) is 11.0. The van der Waals surface area contributed by atoms with Crippen molar-refractivity contribution in [3.8, 4) is 5.75 Å². The van der Waals surface area contributed by atoms with Crippen LogP contribution in [-0.4, -0.2) is 51.7 Å². The Hall–Kier alpha value is -2.03. The van der Waals surface area contributed by atoms with Gasteiger partial charge in [0.25, 0.3) is 0 Å². The fourth-order valence-corrected chi connectivity index (χ4v) is 4.81. The number of hydrogen-bond acceptors (Lipinski definition) is 6. The first-order valence-electron chi connectivity index (χ1n) is 13.0. The number of hydrogen-bond donors (Lipinski definition) is 1. The third kappa shape index (κ3) is 9.04. The molecule has 0 aromatic heterocycles. The largest absolute Gasteiger partial charge is 0.497 e. The molecule has 0 aliphatic carbocycles. The van der Waals surface area contributed by atoms with Crippen LogP contribution < -0.4 is 4.74 Å². The van der Waals surface area contributed by atoms with Crippen molar-refractivity contribution >= 4 is 14.6 Å². The molecule has 0 saturated heterocycles. The molecule has 0 radical (unpaired) electrons. The quantitative estimate of drug-likeness (QED) is 0.219. The maximum Gasteiger partial charge on any atom is 0.192 e. The van der Waals surface area contributed by atoms with E-state index < -0.39 is 32.0 Å². The van der Waals surface area contributed by atoms with Gasteiger partial charge in [-0.15, -0.1) is 0 Å². The van der Waals surface area contributed by atoms with Crippen molar-refractivity contribution < 1.29 is 28.5 Å². The Morgan fingerprint density at radius 3 is 2.00 bits per heavy atom. The van der Waals surface area contributed by atoms with Crippen LogP contribution in [0.25, 0.3) is 0 Å². The Bertz CT molecular complexity index is 937. The smallest absolute Gasteiger partial charge is 0.192 e. The molecule has 0 saturated carbocycles. The van der Waals surface area contributed by atoms with E-state index in [2.05, 4.69) is 33.9 Å². The number of benzene rings is 2. The summed E-state index contributed by atoms with van der Waals surface area (Å²) in [5.74, 6) is 0.772. The van der Waals surface area contributed by atoms with E-state index in [0.29, 0.717) is 19.8 Å². The van der Waals surface area contributed by atoms with E-state index in [1.807, 2.05) is 68.4 Å². The van der Waals surface area contributed by atoms with Crippen LogP contribution in [0.15, 0.2) is 54.6 Å². The van der Waals surface area contributed by atoms with E-state index >= 15 is 0 Å². The van der Waals surface area contributed by atoms with Gasteiger partial charge in [0.2, 0.25) is 0 Å². The summed E-state index contributed by atoms with van der Waals surface area (Å²) in [5.41, 5.74) is 1.23. The van der Waals surface area contributed by atoms with Crippen LogP contribution in [-0.2, 0) is 31.9 Å². The number of aliphatic hydroxyl groups is 1. The van der Waals surface area contributed by atoms with Crippen LogP contribution in [0.2, 0.25) is 18.1 Å². The minimum absolute atomic E-state index is 0.0178. The highest BCUT2D eigenvalue weighted by Gasteiger charge is 2.44. The van der Waals surface area contributed by atoms with Gasteiger partial charge in [-0.1, -0.05) is 77.1 Å². The summed E-state index contributed by atoms with van der Waals surface area (Å²) in [6.07, 6.45) is -1.15. The fourth-order valence-electron chi connectivity index (χ4n) is 3.80. The van der Waals surface area contributed by atoms with Crippen molar-refractivity contribution in [1.82, 2.24) is 0 Å². The average Bonchev–Trinajstić information content (AvgIpc) is 2.85. The molecule has 206 valence electrons. The molecule has 0 bridgehead atoms. The lowest BCUT2D eigenvalue weighted by molar-refractivity contribution is -0.170. The molecular formula is C30H46O6Si. The van der Waals surface area contributed by atoms with Crippen LogP contribution >= 0.6 is 0 Å². The highest BCUT2D eigenvalue weighted by Crippen LogP contribution is 2.38. The Labute approximate surface area is 224 Å². The number of aldehydes is 1. The molecule has 0 fully saturated rings. The van der Waals surface area contributed by atoms with Crippen molar-refractivity contribution in [3.05, 3.63) is 65.7 Å². The van der Waals surface area contributed by atoms with Gasteiger partial charge in [0.15, 0.2) is 8.32 Å². The fraction of sp³-hybridized carbons (Fsp3) is 0.567. The maximum absolute atomic E-state index is 11.3. The predicted molar refractivity (Wildman–Crippen MR) is 150 cm³/mol. The lowest BCUT2D eigenvalue weighted by atomic mass is 9.77. The van der Waals surface area contributed by atoms with Gasteiger partial charge in [-0.25, -0.2) is 0 Å². The molecule has 0 spiro atoms. The lowest BCUT2D eigenvalue weighted by Gasteiger charge is -2.43. The van der Waals surface area contributed by atoms with Gasteiger partial charge in [0.1, 0.15) is 18.1 Å². The number of aliphatic hydroxyl groups excluding tert-OH is 1. The SMILES string of the molecule is COc1ccc(CO[C@@H]([C@H](CO[Si](C)(C)C(C)(C)C)OCc2ccccc2)C(C)(C)[C@H](O)CC=O)cc1. The summed E-state index contributed by atoms with van der Waals surface area (Å²) >= 11 is 0. The third-order valence-corrected chi connectivity index (χ3v) is 12.1. The zero-order chi connectivity index (χ0) is 27.7. The molecule has 0 aliphatic heterocycles. The molecule has 0 unspecified atom stereocenters. The summed E-state index contributed by atoms with van der Waals surface area (Å²) in [6, 6.07) is 17.7. The minimum Gasteiger partial charge on any atom is -0.497 e. The van der Waals surface area contributed by atoms with E-state index in [-0.39, 0.29) is 11.5 Å². The van der Waals surface area contributed by atoms with Crippen LogP contribution in [0.3, 0.4) is 0 Å². The van der Waals surface area contributed by atoms with Crippen molar-refractivity contribution in [3.63, 3.8) is 0 Å². The molecule has 2 aromatic carbocycles. The predicted octanol–water partition coefficient (Wildman–Crippen LogP) is 6.16.